The molecule has 0 saturated carbocycles. The van der Waals surface area contributed by atoms with Crippen LogP contribution < -0.4 is 5.76 Å². The number of halogens is 1. The maximum Gasteiger partial charge on any atom is 0.417 e. The second-order valence-corrected chi connectivity index (χ2v) is 4.89. The van der Waals surface area contributed by atoms with Gasteiger partial charge in [0.25, 0.3) is 0 Å². The number of aromatic amines is 1. The molecule has 1 N–H and O–H groups in total. The second-order valence-electron chi connectivity index (χ2n) is 4.03. The first kappa shape index (κ1) is 11.9. The molecule has 0 unspecified atom stereocenters. The van der Waals surface area contributed by atoms with E-state index in [1.54, 1.807) is 30.3 Å². The van der Waals surface area contributed by atoms with Gasteiger partial charge in [0.05, 0.1) is 5.52 Å². The van der Waals surface area contributed by atoms with Crippen molar-refractivity contribution < 1.29 is 9.21 Å². The third-order valence-corrected chi connectivity index (χ3v) is 3.49. The molecule has 0 radical (unpaired) electrons. The Morgan fingerprint density at radius 2 is 1.95 bits per heavy atom. The summed E-state index contributed by atoms with van der Waals surface area (Å²) in [4.78, 5) is 26.0. The highest BCUT2D eigenvalue weighted by atomic mass is 79.9. The molecule has 3 rings (SSSR count). The van der Waals surface area contributed by atoms with Crippen molar-refractivity contribution in [3.8, 4) is 0 Å². The number of rotatable bonds is 2. The van der Waals surface area contributed by atoms with E-state index in [0.29, 0.717) is 22.2 Å². The largest absolute Gasteiger partial charge is 0.417 e. The van der Waals surface area contributed by atoms with Crippen LogP contribution in [0.3, 0.4) is 0 Å². The summed E-state index contributed by atoms with van der Waals surface area (Å²) in [6, 6.07) is 12.1. The lowest BCUT2D eigenvalue weighted by Crippen LogP contribution is -2.01. The number of nitrogens with one attached hydrogen (secondary N) is 1. The second kappa shape index (κ2) is 4.51. The summed E-state index contributed by atoms with van der Waals surface area (Å²) in [5.41, 5.74) is 2.00. The number of aromatic nitrogens is 1. The van der Waals surface area contributed by atoms with Gasteiger partial charge in [-0.15, -0.1) is 0 Å². The van der Waals surface area contributed by atoms with Crippen molar-refractivity contribution in [3.63, 3.8) is 0 Å². The zero-order valence-electron chi connectivity index (χ0n) is 9.64. The van der Waals surface area contributed by atoms with Gasteiger partial charge < -0.3 is 4.42 Å². The maximum absolute atomic E-state index is 12.4. The lowest BCUT2D eigenvalue weighted by molar-refractivity contribution is 0.103. The fourth-order valence-corrected chi connectivity index (χ4v) is 2.35. The molecule has 0 bridgehead atoms. The lowest BCUT2D eigenvalue weighted by atomic mass is 10.0. The van der Waals surface area contributed by atoms with E-state index >= 15 is 0 Å². The smallest absolute Gasteiger partial charge is 0.408 e. The van der Waals surface area contributed by atoms with E-state index in [1.165, 1.54) is 0 Å². The number of carbonyl (C=O) groups is 1. The van der Waals surface area contributed by atoms with Gasteiger partial charge in [-0.05, 0) is 30.3 Å². The number of hydrogen-bond acceptors (Lipinski definition) is 3. The first-order valence-corrected chi connectivity index (χ1v) is 6.36. The highest BCUT2D eigenvalue weighted by Gasteiger charge is 2.13. The number of H-pyrrole nitrogens is 1. The van der Waals surface area contributed by atoms with Gasteiger partial charge in [0.1, 0.15) is 0 Å². The fourth-order valence-electron chi connectivity index (χ4n) is 1.89. The van der Waals surface area contributed by atoms with Crippen LogP contribution in [0.2, 0.25) is 0 Å². The van der Waals surface area contributed by atoms with E-state index in [9.17, 15) is 9.59 Å². The first-order chi connectivity index (χ1) is 9.15. The van der Waals surface area contributed by atoms with E-state index in [2.05, 4.69) is 20.9 Å². The summed E-state index contributed by atoms with van der Waals surface area (Å²) in [6.07, 6.45) is 0. The number of fused-ring (bicyclic) bond motifs is 1. The summed E-state index contributed by atoms with van der Waals surface area (Å²) in [6.45, 7) is 0. The zero-order valence-corrected chi connectivity index (χ0v) is 11.2. The van der Waals surface area contributed by atoms with E-state index in [1.807, 2.05) is 12.1 Å². The molecule has 4 nitrogen and oxygen atoms in total. The quantitative estimate of drug-likeness (QED) is 0.739. The van der Waals surface area contributed by atoms with Crippen LogP contribution in [0.4, 0.5) is 0 Å². The van der Waals surface area contributed by atoms with Crippen molar-refractivity contribution in [2.45, 2.75) is 0 Å². The van der Waals surface area contributed by atoms with Gasteiger partial charge in [-0.25, -0.2) is 4.79 Å². The van der Waals surface area contributed by atoms with Crippen LogP contribution in [0, 0.1) is 0 Å². The Balaban J connectivity index is 2.11. The monoisotopic (exact) mass is 317 g/mol. The summed E-state index contributed by atoms with van der Waals surface area (Å²) in [7, 11) is 0. The minimum Gasteiger partial charge on any atom is -0.408 e. The molecule has 94 valence electrons. The maximum atomic E-state index is 12.4. The van der Waals surface area contributed by atoms with Crippen LogP contribution >= 0.6 is 15.9 Å². The topological polar surface area (TPSA) is 63.1 Å². The van der Waals surface area contributed by atoms with E-state index in [0.717, 1.165) is 4.47 Å². The molecule has 0 spiro atoms. The van der Waals surface area contributed by atoms with Crippen LogP contribution in [0.5, 0.6) is 0 Å². The minimum absolute atomic E-state index is 0.127. The van der Waals surface area contributed by atoms with E-state index in [4.69, 9.17) is 4.42 Å². The summed E-state index contributed by atoms with van der Waals surface area (Å²) >= 11 is 3.35. The van der Waals surface area contributed by atoms with Crippen molar-refractivity contribution >= 4 is 32.8 Å². The van der Waals surface area contributed by atoms with Gasteiger partial charge in [0.2, 0.25) is 0 Å². The lowest BCUT2D eigenvalue weighted by Gasteiger charge is -2.03. The molecule has 0 aliphatic carbocycles. The highest BCUT2D eigenvalue weighted by molar-refractivity contribution is 9.10. The standard InChI is InChI=1S/C14H8BrNO3/c15-10-4-2-1-3-9(10)13(17)8-5-6-11-12(7-8)19-14(18)16-11/h1-7H,(H,16,18). The van der Waals surface area contributed by atoms with Gasteiger partial charge >= 0.3 is 5.76 Å². The van der Waals surface area contributed by atoms with E-state index < -0.39 is 5.76 Å². The van der Waals surface area contributed by atoms with Gasteiger partial charge in [0.15, 0.2) is 11.4 Å². The van der Waals surface area contributed by atoms with Crippen LogP contribution in [0.15, 0.2) is 56.1 Å². The number of carbonyl (C=O) groups excluding carboxylic acids is 1. The van der Waals surface area contributed by atoms with Crippen molar-refractivity contribution in [1.82, 2.24) is 4.98 Å². The van der Waals surface area contributed by atoms with Crippen LogP contribution in [-0.2, 0) is 0 Å². The Morgan fingerprint density at radius 3 is 2.74 bits per heavy atom. The van der Waals surface area contributed by atoms with E-state index in [-0.39, 0.29) is 5.78 Å². The molecule has 0 fully saturated rings. The van der Waals surface area contributed by atoms with Crippen molar-refractivity contribution in [1.29, 1.82) is 0 Å². The molecule has 1 heterocycles. The Kier molecular flexibility index (Phi) is 2.83. The molecule has 0 aliphatic rings. The third kappa shape index (κ3) is 2.13. The SMILES string of the molecule is O=C(c1ccc2[nH]c(=O)oc2c1)c1ccccc1Br. The number of oxazole rings is 1. The Morgan fingerprint density at radius 1 is 1.16 bits per heavy atom. The third-order valence-electron chi connectivity index (χ3n) is 2.80. The average molecular weight is 318 g/mol. The van der Waals surface area contributed by atoms with Crippen molar-refractivity contribution in [2.75, 3.05) is 0 Å². The van der Waals surface area contributed by atoms with Crippen LogP contribution in [0.1, 0.15) is 15.9 Å². The molecular weight excluding hydrogens is 310 g/mol. The van der Waals surface area contributed by atoms with Gasteiger partial charge in [-0.3, -0.25) is 9.78 Å². The van der Waals surface area contributed by atoms with Gasteiger partial charge in [-0.1, -0.05) is 28.1 Å². The minimum atomic E-state index is -0.527. The summed E-state index contributed by atoms with van der Waals surface area (Å²) < 4.78 is 5.68. The number of ketones is 1. The summed E-state index contributed by atoms with van der Waals surface area (Å²) in [5, 5.41) is 0. The molecule has 0 saturated heterocycles. The fraction of sp³-hybridized carbons (Fsp3) is 0. The highest BCUT2D eigenvalue weighted by Crippen LogP contribution is 2.21. The Hall–Kier alpha value is -2.14. The van der Waals surface area contributed by atoms with Crippen molar-refractivity contribution in [2.24, 2.45) is 0 Å². The Bertz CT molecular complexity index is 832. The Labute approximate surface area is 116 Å². The molecule has 3 aromatic rings. The molecule has 19 heavy (non-hydrogen) atoms. The predicted molar refractivity (Wildman–Crippen MR) is 74.4 cm³/mol. The average Bonchev–Trinajstić information content (AvgIpc) is 2.77. The molecule has 0 atom stereocenters. The van der Waals surface area contributed by atoms with Gasteiger partial charge in [0, 0.05) is 15.6 Å². The molecule has 1 aromatic heterocycles. The molecule has 2 aromatic carbocycles. The normalized spacial score (nSPS) is 10.8. The van der Waals surface area contributed by atoms with Crippen molar-refractivity contribution in [3.05, 3.63) is 68.6 Å². The molecule has 0 aliphatic heterocycles. The van der Waals surface area contributed by atoms with Gasteiger partial charge in [-0.2, -0.15) is 0 Å². The van der Waals surface area contributed by atoms with Crippen LogP contribution in [0.25, 0.3) is 11.1 Å². The predicted octanol–water partition coefficient (Wildman–Crippen LogP) is 3.11. The first-order valence-electron chi connectivity index (χ1n) is 5.57. The van der Waals surface area contributed by atoms with Crippen LogP contribution in [-0.4, -0.2) is 10.8 Å². The number of benzene rings is 2. The molecule has 5 heteroatoms. The number of hydrogen-bond donors (Lipinski definition) is 1. The zero-order chi connectivity index (χ0) is 13.4. The molecule has 0 amide bonds. The molecular formula is C14H8BrNO3. The summed E-state index contributed by atoms with van der Waals surface area (Å²) in [5.74, 6) is -0.654.